The summed E-state index contributed by atoms with van der Waals surface area (Å²) in [4.78, 5) is 10.8. The third-order valence-corrected chi connectivity index (χ3v) is 2.31. The molecule has 0 aliphatic rings. The van der Waals surface area contributed by atoms with Gasteiger partial charge >= 0.3 is 0 Å². The monoisotopic (exact) mass is 221 g/mol. The Morgan fingerprint density at radius 1 is 1.44 bits per heavy atom. The average Bonchev–Trinajstić information content (AvgIpc) is 2.62. The van der Waals surface area contributed by atoms with Gasteiger partial charge in [-0.2, -0.15) is 0 Å². The molecule has 1 aromatic rings. The zero-order valence-corrected chi connectivity index (χ0v) is 10.1. The highest BCUT2D eigenvalue weighted by Crippen LogP contribution is 2.04. The summed E-state index contributed by atoms with van der Waals surface area (Å²) in [5.74, 6) is 0.192. The summed E-state index contributed by atoms with van der Waals surface area (Å²) < 4.78 is 1.83. The van der Waals surface area contributed by atoms with Crippen molar-refractivity contribution in [1.82, 2.24) is 15.0 Å². The highest BCUT2D eigenvalue weighted by atomic mass is 16.1. The van der Waals surface area contributed by atoms with Crippen LogP contribution < -0.4 is 0 Å². The molecule has 0 aromatic carbocycles. The van der Waals surface area contributed by atoms with Crippen molar-refractivity contribution in [3.63, 3.8) is 0 Å². The van der Waals surface area contributed by atoms with Crippen LogP contribution >= 0.6 is 0 Å². The van der Waals surface area contributed by atoms with E-state index in [0.29, 0.717) is 12.8 Å². The molecule has 0 saturated heterocycles. The van der Waals surface area contributed by atoms with E-state index in [2.05, 4.69) is 16.9 Å². The summed E-state index contributed by atoms with van der Waals surface area (Å²) >= 11 is 0. The maximum absolute atomic E-state index is 10.8. The molecule has 0 saturated carbocycles. The van der Waals surface area contributed by atoms with Crippen LogP contribution in [-0.4, -0.2) is 20.8 Å². The molecular formula is C12H19N3O. The minimum Gasteiger partial charge on any atom is -0.300 e. The minimum absolute atomic E-state index is 0.192. The third-order valence-electron chi connectivity index (χ3n) is 2.31. The van der Waals surface area contributed by atoms with Crippen molar-refractivity contribution in [3.8, 4) is 0 Å². The van der Waals surface area contributed by atoms with Crippen molar-refractivity contribution < 1.29 is 4.79 Å². The zero-order valence-electron chi connectivity index (χ0n) is 10.1. The number of hydrogen-bond donors (Lipinski definition) is 0. The molecule has 0 atom stereocenters. The molecule has 16 heavy (non-hydrogen) atoms. The first-order chi connectivity index (χ1) is 7.58. The topological polar surface area (TPSA) is 47.8 Å². The van der Waals surface area contributed by atoms with Crippen LogP contribution in [0.5, 0.6) is 0 Å². The highest BCUT2D eigenvalue weighted by molar-refractivity contribution is 5.75. The lowest BCUT2D eigenvalue weighted by Gasteiger charge is -1.99. The number of allylic oxidation sites excluding steroid dienone is 1. The summed E-state index contributed by atoms with van der Waals surface area (Å²) in [5, 5.41) is 8.04. The van der Waals surface area contributed by atoms with Gasteiger partial charge in [0, 0.05) is 19.2 Å². The first kappa shape index (κ1) is 12.6. The van der Waals surface area contributed by atoms with E-state index in [-0.39, 0.29) is 5.78 Å². The number of hydrogen-bond acceptors (Lipinski definition) is 3. The quantitative estimate of drug-likeness (QED) is 0.663. The predicted octanol–water partition coefficient (Wildman–Crippen LogP) is 2.16. The van der Waals surface area contributed by atoms with Crippen molar-refractivity contribution in [2.45, 2.75) is 46.1 Å². The lowest BCUT2D eigenvalue weighted by Crippen LogP contribution is -1.98. The lowest BCUT2D eigenvalue weighted by molar-refractivity contribution is -0.116. The fourth-order valence-corrected chi connectivity index (χ4v) is 1.41. The molecule has 1 rings (SSSR count). The maximum Gasteiger partial charge on any atom is 0.130 e. The van der Waals surface area contributed by atoms with E-state index in [1.54, 1.807) is 6.92 Å². The summed E-state index contributed by atoms with van der Waals surface area (Å²) in [6.07, 6.45) is 5.20. The Labute approximate surface area is 96.3 Å². The lowest BCUT2D eigenvalue weighted by atomic mass is 10.2. The number of Topliss-reactive ketones (excluding diaryl/α,β-unsaturated/α-hetero) is 1. The molecule has 4 nitrogen and oxygen atoms in total. The molecule has 0 radical (unpaired) electrons. The van der Waals surface area contributed by atoms with Gasteiger partial charge in [-0.15, -0.1) is 11.7 Å². The molecule has 0 bridgehead atoms. The van der Waals surface area contributed by atoms with E-state index in [0.717, 1.165) is 25.1 Å². The van der Waals surface area contributed by atoms with Gasteiger partial charge in [0.05, 0.1) is 5.69 Å². The van der Waals surface area contributed by atoms with E-state index >= 15 is 0 Å². The van der Waals surface area contributed by atoms with E-state index in [4.69, 9.17) is 0 Å². The highest BCUT2D eigenvalue weighted by Gasteiger charge is 2.02. The van der Waals surface area contributed by atoms with Gasteiger partial charge < -0.3 is 4.79 Å². The second-order valence-electron chi connectivity index (χ2n) is 4.24. The van der Waals surface area contributed by atoms with Crippen LogP contribution in [0, 0.1) is 0 Å². The summed E-state index contributed by atoms with van der Waals surface area (Å²) in [5.41, 5.74) is 2.09. The van der Waals surface area contributed by atoms with Gasteiger partial charge in [0.25, 0.3) is 0 Å². The summed E-state index contributed by atoms with van der Waals surface area (Å²) in [6.45, 7) is 8.34. The second kappa shape index (κ2) is 6.20. The molecule has 88 valence electrons. The first-order valence-electron chi connectivity index (χ1n) is 5.61. The second-order valence-corrected chi connectivity index (χ2v) is 4.24. The first-order valence-corrected chi connectivity index (χ1v) is 5.61. The molecule has 1 heterocycles. The van der Waals surface area contributed by atoms with E-state index in [1.807, 2.05) is 17.8 Å². The van der Waals surface area contributed by atoms with Gasteiger partial charge in [-0.3, -0.25) is 4.68 Å². The number of ketones is 1. The Balaban J connectivity index is 2.33. The van der Waals surface area contributed by atoms with Crippen LogP contribution in [0.1, 0.15) is 38.8 Å². The number of aromatic nitrogens is 3. The average molecular weight is 221 g/mol. The Morgan fingerprint density at radius 3 is 2.81 bits per heavy atom. The number of aryl methyl sites for hydroxylation is 2. The molecule has 0 N–H and O–H groups in total. The maximum atomic E-state index is 10.8. The van der Waals surface area contributed by atoms with Crippen molar-refractivity contribution in [3.05, 3.63) is 24.0 Å². The molecule has 0 aliphatic heterocycles. The largest absolute Gasteiger partial charge is 0.300 e. The Morgan fingerprint density at radius 2 is 2.19 bits per heavy atom. The molecule has 0 aliphatic carbocycles. The molecule has 4 heteroatoms. The fourth-order valence-electron chi connectivity index (χ4n) is 1.41. The van der Waals surface area contributed by atoms with Crippen molar-refractivity contribution >= 4 is 5.78 Å². The van der Waals surface area contributed by atoms with Crippen LogP contribution in [0.3, 0.4) is 0 Å². The number of nitrogens with zero attached hydrogens (tertiary/aromatic N) is 3. The smallest absolute Gasteiger partial charge is 0.130 e. The van der Waals surface area contributed by atoms with E-state index in [9.17, 15) is 4.79 Å². The fraction of sp³-hybridized carbons (Fsp3) is 0.583. The van der Waals surface area contributed by atoms with Crippen LogP contribution in [-0.2, 0) is 17.8 Å². The van der Waals surface area contributed by atoms with Gasteiger partial charge in [0.15, 0.2) is 0 Å². The number of rotatable bonds is 7. The number of carbonyl (C=O) groups excluding carboxylic acids is 1. The molecule has 0 amide bonds. The van der Waals surface area contributed by atoms with Gasteiger partial charge in [0.1, 0.15) is 5.78 Å². The minimum atomic E-state index is 0.192. The van der Waals surface area contributed by atoms with Crippen LogP contribution in [0.25, 0.3) is 0 Å². The number of carbonyl (C=O) groups is 1. The molecule has 0 unspecified atom stereocenters. The van der Waals surface area contributed by atoms with Gasteiger partial charge in [-0.25, -0.2) is 0 Å². The SMILES string of the molecule is C=C(C)CCCn1cc(CCC(C)=O)nn1. The van der Waals surface area contributed by atoms with Crippen LogP contribution in [0.2, 0.25) is 0 Å². The van der Waals surface area contributed by atoms with Gasteiger partial charge in [0.2, 0.25) is 0 Å². The normalized spacial score (nSPS) is 10.4. The van der Waals surface area contributed by atoms with Crippen molar-refractivity contribution in [2.75, 3.05) is 0 Å². The van der Waals surface area contributed by atoms with Crippen molar-refractivity contribution in [1.29, 1.82) is 0 Å². The third kappa shape index (κ3) is 4.87. The van der Waals surface area contributed by atoms with Crippen LogP contribution in [0.15, 0.2) is 18.3 Å². The molecule has 0 spiro atoms. The Kier molecular flexibility index (Phi) is 4.89. The van der Waals surface area contributed by atoms with Crippen molar-refractivity contribution in [2.24, 2.45) is 0 Å². The standard InChI is InChI=1S/C12H19N3O/c1-10(2)5-4-8-15-9-12(13-14-15)7-6-11(3)16/h9H,1,4-8H2,2-3H3. The predicted molar refractivity (Wildman–Crippen MR) is 63.1 cm³/mol. The summed E-state index contributed by atoms with van der Waals surface area (Å²) in [6, 6.07) is 0. The Bertz CT molecular complexity index is 368. The van der Waals surface area contributed by atoms with E-state index < -0.39 is 0 Å². The van der Waals surface area contributed by atoms with Gasteiger partial charge in [-0.05, 0) is 33.1 Å². The zero-order chi connectivity index (χ0) is 12.0. The van der Waals surface area contributed by atoms with Crippen LogP contribution in [0.4, 0.5) is 0 Å². The van der Waals surface area contributed by atoms with Gasteiger partial charge in [-0.1, -0.05) is 10.8 Å². The van der Waals surface area contributed by atoms with E-state index in [1.165, 1.54) is 5.57 Å². The molecule has 1 aromatic heterocycles. The molecule has 0 fully saturated rings. The summed E-state index contributed by atoms with van der Waals surface area (Å²) in [7, 11) is 0. The molecular weight excluding hydrogens is 202 g/mol. The Hall–Kier alpha value is -1.45.